The van der Waals surface area contributed by atoms with Gasteiger partial charge >= 0.3 is 0 Å². The van der Waals surface area contributed by atoms with Crippen molar-refractivity contribution < 1.29 is 13.2 Å². The van der Waals surface area contributed by atoms with Crippen LogP contribution in [0.5, 0.6) is 5.75 Å². The Kier molecular flexibility index (Phi) is 6.09. The number of rotatable bonds is 6. The Morgan fingerprint density at radius 2 is 2.06 bits per heavy atom. The molecule has 2 aliphatic heterocycles. The summed E-state index contributed by atoms with van der Waals surface area (Å²) in [7, 11) is -1.59. The van der Waals surface area contributed by atoms with Crippen LogP contribution in [-0.2, 0) is 16.4 Å². The number of sulfonamides is 1. The van der Waals surface area contributed by atoms with Gasteiger partial charge in [0, 0.05) is 48.3 Å². The fourth-order valence-corrected chi connectivity index (χ4v) is 5.71. The second kappa shape index (κ2) is 9.05. The van der Waals surface area contributed by atoms with Crippen molar-refractivity contribution in [2.45, 2.75) is 24.9 Å². The van der Waals surface area contributed by atoms with Gasteiger partial charge in [-0.2, -0.15) is 0 Å². The number of pyridine rings is 2. The maximum absolute atomic E-state index is 11.5. The lowest BCUT2D eigenvalue weighted by molar-refractivity contribution is 0.413. The fraction of sp³-hybridized carbons (Fsp3) is 0.333. The number of nitrogens with zero attached hydrogens (tertiary/aromatic N) is 3. The predicted molar refractivity (Wildman–Crippen MR) is 134 cm³/mol. The van der Waals surface area contributed by atoms with Crippen LogP contribution < -0.4 is 19.7 Å². The molecule has 1 fully saturated rings. The Bertz CT molecular complexity index is 1320. The highest BCUT2D eigenvalue weighted by molar-refractivity contribution is 7.88. The number of aromatic nitrogens is 2. The first kappa shape index (κ1) is 22.9. The van der Waals surface area contributed by atoms with Gasteiger partial charge < -0.3 is 15.0 Å². The molecule has 2 aliphatic rings. The zero-order valence-electron chi connectivity index (χ0n) is 19.0. The molecule has 2 aromatic heterocycles. The molecule has 0 radical (unpaired) electrons. The molecule has 0 saturated carbocycles. The molecule has 2 atom stereocenters. The average Bonchev–Trinajstić information content (AvgIpc) is 3.44. The van der Waals surface area contributed by atoms with Crippen molar-refractivity contribution in [2.75, 3.05) is 36.7 Å². The first-order chi connectivity index (χ1) is 16.3. The molecule has 1 aromatic carbocycles. The summed E-state index contributed by atoms with van der Waals surface area (Å²) in [4.78, 5) is 11.0. The number of anilines is 2. The molecule has 5 rings (SSSR count). The van der Waals surface area contributed by atoms with Crippen LogP contribution in [-0.4, -0.2) is 50.9 Å². The van der Waals surface area contributed by atoms with Crippen LogP contribution in [0.2, 0.25) is 5.02 Å². The van der Waals surface area contributed by atoms with E-state index in [1.165, 1.54) is 11.8 Å². The smallest absolute Gasteiger partial charge is 0.209 e. The molecular weight excluding hydrogens is 474 g/mol. The number of fused-ring (bicyclic) bond motifs is 1. The van der Waals surface area contributed by atoms with Crippen LogP contribution in [0.15, 0.2) is 48.9 Å². The Labute approximate surface area is 204 Å². The van der Waals surface area contributed by atoms with Crippen molar-refractivity contribution >= 4 is 33.1 Å². The van der Waals surface area contributed by atoms with Gasteiger partial charge in [-0.3, -0.25) is 4.98 Å². The summed E-state index contributed by atoms with van der Waals surface area (Å²) in [6.45, 7) is 1.39. The van der Waals surface area contributed by atoms with Crippen LogP contribution in [0.3, 0.4) is 0 Å². The molecule has 4 heterocycles. The largest absolute Gasteiger partial charge is 0.495 e. The standard InChI is InChI=1S/C24H26ClN5O3S/c1-33-19-7-17(11-26-13-19)20-8-16-9-22(28-23(16)10-21(20)25)15-3-4-24(27-12-15)30-6-5-18(14-30)29-34(2,31)32/h3-4,7-8,10-13,18,22,28-29H,5-6,9,14H2,1-2H3. The normalized spacial score (nSPS) is 19.7. The van der Waals surface area contributed by atoms with Gasteiger partial charge in [0.15, 0.2) is 0 Å². The van der Waals surface area contributed by atoms with Gasteiger partial charge in [0.25, 0.3) is 0 Å². The summed E-state index contributed by atoms with van der Waals surface area (Å²) in [6, 6.07) is 10.1. The highest BCUT2D eigenvalue weighted by Crippen LogP contribution is 2.40. The summed E-state index contributed by atoms with van der Waals surface area (Å²) < 4.78 is 31.0. The average molecular weight is 500 g/mol. The predicted octanol–water partition coefficient (Wildman–Crippen LogP) is 3.64. The van der Waals surface area contributed by atoms with E-state index in [2.05, 4.69) is 37.0 Å². The quantitative estimate of drug-likeness (QED) is 0.534. The lowest BCUT2D eigenvalue weighted by Crippen LogP contribution is -2.36. The van der Waals surface area contributed by atoms with E-state index in [9.17, 15) is 8.42 Å². The van der Waals surface area contributed by atoms with E-state index in [0.717, 1.165) is 47.6 Å². The van der Waals surface area contributed by atoms with E-state index in [4.69, 9.17) is 16.3 Å². The summed E-state index contributed by atoms with van der Waals surface area (Å²) in [5.74, 6) is 1.54. The van der Waals surface area contributed by atoms with Crippen LogP contribution in [0.4, 0.5) is 11.5 Å². The third kappa shape index (κ3) is 4.82. The summed E-state index contributed by atoms with van der Waals surface area (Å²) in [5, 5.41) is 4.21. The van der Waals surface area contributed by atoms with Crippen molar-refractivity contribution in [2.24, 2.45) is 0 Å². The number of methoxy groups -OCH3 is 1. The molecule has 2 N–H and O–H groups in total. The van der Waals surface area contributed by atoms with Crippen molar-refractivity contribution in [1.82, 2.24) is 14.7 Å². The molecule has 0 bridgehead atoms. The maximum atomic E-state index is 11.5. The molecule has 3 aromatic rings. The van der Waals surface area contributed by atoms with E-state index in [1.54, 1.807) is 19.5 Å². The molecule has 178 valence electrons. The van der Waals surface area contributed by atoms with Gasteiger partial charge in [0.2, 0.25) is 10.0 Å². The fourth-order valence-electron chi connectivity index (χ4n) is 4.64. The summed E-state index contributed by atoms with van der Waals surface area (Å²) in [6.07, 6.45) is 8.13. The maximum Gasteiger partial charge on any atom is 0.209 e. The number of nitrogens with one attached hydrogen (secondary N) is 2. The molecule has 0 amide bonds. The highest BCUT2D eigenvalue weighted by atomic mass is 35.5. The summed E-state index contributed by atoms with van der Waals surface area (Å²) in [5.41, 5.74) is 5.13. The first-order valence-corrected chi connectivity index (χ1v) is 13.3. The van der Waals surface area contributed by atoms with E-state index in [0.29, 0.717) is 17.3 Å². The van der Waals surface area contributed by atoms with E-state index >= 15 is 0 Å². The zero-order chi connectivity index (χ0) is 23.9. The lowest BCUT2D eigenvalue weighted by Gasteiger charge is -2.19. The van der Waals surface area contributed by atoms with Crippen molar-refractivity contribution in [1.29, 1.82) is 0 Å². The lowest BCUT2D eigenvalue weighted by atomic mass is 10.00. The Morgan fingerprint density at radius 1 is 1.21 bits per heavy atom. The molecular formula is C24H26ClN5O3S. The number of ether oxygens (including phenoxy) is 1. The highest BCUT2D eigenvalue weighted by Gasteiger charge is 2.27. The van der Waals surface area contributed by atoms with E-state index in [1.807, 2.05) is 24.4 Å². The summed E-state index contributed by atoms with van der Waals surface area (Å²) >= 11 is 6.61. The topological polar surface area (TPSA) is 96.5 Å². The molecule has 2 unspecified atom stereocenters. The van der Waals surface area contributed by atoms with Gasteiger partial charge in [0.1, 0.15) is 11.6 Å². The minimum absolute atomic E-state index is 0.0822. The van der Waals surface area contributed by atoms with E-state index < -0.39 is 10.0 Å². The number of hydrogen-bond acceptors (Lipinski definition) is 7. The molecule has 10 heteroatoms. The van der Waals surface area contributed by atoms with Crippen LogP contribution in [0.1, 0.15) is 23.6 Å². The SMILES string of the molecule is COc1cncc(-c2cc3c(cc2Cl)NC(c2ccc(N4CCC(NS(C)(=O)=O)C4)nc2)C3)c1. The van der Waals surface area contributed by atoms with Crippen molar-refractivity contribution in [3.63, 3.8) is 0 Å². The molecule has 0 spiro atoms. The van der Waals surface area contributed by atoms with Gasteiger partial charge in [-0.25, -0.2) is 18.1 Å². The minimum atomic E-state index is -3.21. The van der Waals surface area contributed by atoms with E-state index in [-0.39, 0.29) is 12.1 Å². The monoisotopic (exact) mass is 499 g/mol. The second-order valence-corrected chi connectivity index (χ2v) is 11.0. The molecule has 0 aliphatic carbocycles. The van der Waals surface area contributed by atoms with Crippen LogP contribution in [0.25, 0.3) is 11.1 Å². The molecule has 1 saturated heterocycles. The van der Waals surface area contributed by atoms with Crippen molar-refractivity contribution in [3.8, 4) is 16.9 Å². The Morgan fingerprint density at radius 3 is 2.79 bits per heavy atom. The Hall–Kier alpha value is -2.88. The van der Waals surface area contributed by atoms with Crippen molar-refractivity contribution in [3.05, 3.63) is 65.1 Å². The second-order valence-electron chi connectivity index (χ2n) is 8.78. The van der Waals surface area contributed by atoms with Gasteiger partial charge in [-0.15, -0.1) is 0 Å². The van der Waals surface area contributed by atoms with Gasteiger partial charge in [0.05, 0.1) is 30.6 Å². The van der Waals surface area contributed by atoms with Gasteiger partial charge in [-0.1, -0.05) is 17.7 Å². The Balaban J connectivity index is 1.30. The number of hydrogen-bond donors (Lipinski definition) is 2. The number of benzene rings is 1. The third-order valence-electron chi connectivity index (χ3n) is 6.27. The molecule has 34 heavy (non-hydrogen) atoms. The minimum Gasteiger partial charge on any atom is -0.495 e. The third-order valence-corrected chi connectivity index (χ3v) is 7.35. The molecule has 8 nitrogen and oxygen atoms in total. The zero-order valence-corrected chi connectivity index (χ0v) is 20.5. The number of halogens is 1. The van der Waals surface area contributed by atoms with Crippen LogP contribution >= 0.6 is 11.6 Å². The van der Waals surface area contributed by atoms with Crippen LogP contribution in [0, 0.1) is 0 Å². The first-order valence-electron chi connectivity index (χ1n) is 11.1. The van der Waals surface area contributed by atoms with Gasteiger partial charge in [-0.05, 0) is 48.2 Å².